The van der Waals surface area contributed by atoms with Gasteiger partial charge in [-0.25, -0.2) is 0 Å². The molecule has 2 aromatic carbocycles. The predicted octanol–water partition coefficient (Wildman–Crippen LogP) is 4.63. The fourth-order valence-electron chi connectivity index (χ4n) is 2.25. The molecule has 0 saturated heterocycles. The van der Waals surface area contributed by atoms with Crippen LogP contribution in [-0.2, 0) is 0 Å². The Morgan fingerprint density at radius 2 is 1.71 bits per heavy atom. The van der Waals surface area contributed by atoms with Crippen molar-refractivity contribution in [3.05, 3.63) is 66.2 Å². The lowest BCUT2D eigenvalue weighted by Gasteiger charge is -2.21. The van der Waals surface area contributed by atoms with E-state index in [0.717, 1.165) is 18.8 Å². The van der Waals surface area contributed by atoms with Crippen molar-refractivity contribution in [2.75, 3.05) is 24.6 Å². The number of hydrogen-bond donors (Lipinski definition) is 0. The third-order valence-corrected chi connectivity index (χ3v) is 3.40. The topological polar surface area (TPSA) is 12.5 Å². The second-order valence-corrected chi connectivity index (χ2v) is 4.79. The van der Waals surface area contributed by atoms with Gasteiger partial charge in [0.25, 0.3) is 0 Å². The van der Waals surface area contributed by atoms with Crippen molar-refractivity contribution < 1.29 is 4.74 Å². The first-order valence-corrected chi connectivity index (χ1v) is 7.53. The number of anilines is 1. The Balaban J connectivity index is 1.91. The van der Waals surface area contributed by atoms with E-state index < -0.39 is 0 Å². The normalized spacial score (nSPS) is 10.8. The van der Waals surface area contributed by atoms with Crippen LogP contribution in [0.2, 0.25) is 0 Å². The molecule has 0 saturated carbocycles. The first-order valence-electron chi connectivity index (χ1n) is 7.53. The standard InChI is InChI=1S/C19H23NO/c1-3-20(4-2)18-13-8-14-19(16-18)21-15-9-12-17-10-6-5-7-11-17/h5-14,16H,3-4,15H2,1-2H3. The summed E-state index contributed by atoms with van der Waals surface area (Å²) >= 11 is 0. The lowest BCUT2D eigenvalue weighted by atomic mass is 10.2. The molecule has 0 atom stereocenters. The maximum absolute atomic E-state index is 5.79. The van der Waals surface area contributed by atoms with Crippen LogP contribution in [0.5, 0.6) is 5.75 Å². The van der Waals surface area contributed by atoms with Gasteiger partial charge in [-0.3, -0.25) is 0 Å². The van der Waals surface area contributed by atoms with Gasteiger partial charge in [0.05, 0.1) is 0 Å². The van der Waals surface area contributed by atoms with Crippen LogP contribution in [0.25, 0.3) is 6.08 Å². The minimum Gasteiger partial charge on any atom is -0.489 e. The van der Waals surface area contributed by atoms with E-state index in [-0.39, 0.29) is 0 Å². The fraction of sp³-hybridized carbons (Fsp3) is 0.263. The summed E-state index contributed by atoms with van der Waals surface area (Å²) in [6.45, 7) is 6.93. The number of rotatable bonds is 7. The molecule has 0 aliphatic carbocycles. The van der Waals surface area contributed by atoms with Crippen molar-refractivity contribution in [3.8, 4) is 5.75 Å². The summed E-state index contributed by atoms with van der Waals surface area (Å²) in [5.74, 6) is 0.914. The van der Waals surface area contributed by atoms with Gasteiger partial charge < -0.3 is 9.64 Å². The molecule has 0 aromatic heterocycles. The Bertz CT molecular complexity index is 559. The minimum atomic E-state index is 0.580. The first kappa shape index (κ1) is 15.2. The van der Waals surface area contributed by atoms with Gasteiger partial charge in [-0.05, 0) is 37.6 Å². The Morgan fingerprint density at radius 1 is 0.952 bits per heavy atom. The number of hydrogen-bond acceptors (Lipinski definition) is 2. The van der Waals surface area contributed by atoms with Crippen LogP contribution < -0.4 is 9.64 Å². The van der Waals surface area contributed by atoms with Crippen LogP contribution >= 0.6 is 0 Å². The number of benzene rings is 2. The third-order valence-electron chi connectivity index (χ3n) is 3.40. The van der Waals surface area contributed by atoms with E-state index in [1.807, 2.05) is 36.4 Å². The molecule has 0 amide bonds. The minimum absolute atomic E-state index is 0.580. The van der Waals surface area contributed by atoms with E-state index in [9.17, 15) is 0 Å². The quantitative estimate of drug-likeness (QED) is 0.734. The zero-order chi connectivity index (χ0) is 14.9. The van der Waals surface area contributed by atoms with Crippen LogP contribution in [0.4, 0.5) is 5.69 Å². The van der Waals surface area contributed by atoms with Gasteiger partial charge in [-0.2, -0.15) is 0 Å². The maximum Gasteiger partial charge on any atom is 0.121 e. The summed E-state index contributed by atoms with van der Waals surface area (Å²) in [6.07, 6.45) is 4.12. The van der Waals surface area contributed by atoms with E-state index in [4.69, 9.17) is 4.74 Å². The molecule has 110 valence electrons. The average molecular weight is 281 g/mol. The Hall–Kier alpha value is -2.22. The highest BCUT2D eigenvalue weighted by molar-refractivity contribution is 5.51. The lowest BCUT2D eigenvalue weighted by molar-refractivity contribution is 0.363. The van der Waals surface area contributed by atoms with E-state index >= 15 is 0 Å². The molecule has 0 fully saturated rings. The summed E-state index contributed by atoms with van der Waals surface area (Å²) in [5.41, 5.74) is 2.41. The predicted molar refractivity (Wildman–Crippen MR) is 91.0 cm³/mol. The maximum atomic E-state index is 5.79. The monoisotopic (exact) mass is 281 g/mol. The van der Waals surface area contributed by atoms with E-state index in [1.54, 1.807) is 0 Å². The summed E-state index contributed by atoms with van der Waals surface area (Å²) in [5, 5.41) is 0. The molecule has 0 N–H and O–H groups in total. The molecule has 2 aromatic rings. The molecule has 2 nitrogen and oxygen atoms in total. The first-order chi connectivity index (χ1) is 10.3. The molecule has 0 bridgehead atoms. The fourth-order valence-corrected chi connectivity index (χ4v) is 2.25. The molecular weight excluding hydrogens is 258 g/mol. The van der Waals surface area contributed by atoms with E-state index in [0.29, 0.717) is 6.61 Å². The SMILES string of the molecule is CCN(CC)c1cccc(OCC=Cc2ccccc2)c1. The van der Waals surface area contributed by atoms with Gasteiger partial charge in [-0.1, -0.05) is 42.5 Å². The van der Waals surface area contributed by atoms with Crippen LogP contribution in [0.3, 0.4) is 0 Å². The van der Waals surface area contributed by atoms with Crippen LogP contribution in [0.15, 0.2) is 60.7 Å². The zero-order valence-corrected chi connectivity index (χ0v) is 12.8. The largest absolute Gasteiger partial charge is 0.489 e. The van der Waals surface area contributed by atoms with Crippen LogP contribution in [0.1, 0.15) is 19.4 Å². The molecule has 0 spiro atoms. The van der Waals surface area contributed by atoms with Crippen molar-refractivity contribution in [1.82, 2.24) is 0 Å². The van der Waals surface area contributed by atoms with Crippen molar-refractivity contribution in [2.24, 2.45) is 0 Å². The second kappa shape index (κ2) is 8.15. The lowest BCUT2D eigenvalue weighted by Crippen LogP contribution is -2.21. The van der Waals surface area contributed by atoms with Gasteiger partial charge in [0.1, 0.15) is 12.4 Å². The van der Waals surface area contributed by atoms with Crippen molar-refractivity contribution in [2.45, 2.75) is 13.8 Å². The molecule has 0 aliphatic heterocycles. The van der Waals surface area contributed by atoms with Crippen molar-refractivity contribution in [1.29, 1.82) is 0 Å². The zero-order valence-electron chi connectivity index (χ0n) is 12.8. The summed E-state index contributed by atoms with van der Waals surface area (Å²) in [4.78, 5) is 2.31. The molecule has 0 unspecified atom stereocenters. The molecule has 2 heteroatoms. The highest BCUT2D eigenvalue weighted by atomic mass is 16.5. The van der Waals surface area contributed by atoms with Crippen molar-refractivity contribution >= 4 is 11.8 Å². The van der Waals surface area contributed by atoms with E-state index in [1.165, 1.54) is 11.3 Å². The third kappa shape index (κ3) is 4.67. The molecule has 21 heavy (non-hydrogen) atoms. The summed E-state index contributed by atoms with van der Waals surface area (Å²) in [7, 11) is 0. The average Bonchev–Trinajstić information content (AvgIpc) is 2.54. The van der Waals surface area contributed by atoms with E-state index in [2.05, 4.69) is 49.1 Å². The molecule has 0 radical (unpaired) electrons. The van der Waals surface area contributed by atoms with Gasteiger partial charge >= 0.3 is 0 Å². The molecule has 2 rings (SSSR count). The van der Waals surface area contributed by atoms with Gasteiger partial charge in [0, 0.05) is 24.8 Å². The molecular formula is C19H23NO. The Kier molecular flexibility index (Phi) is 5.89. The summed E-state index contributed by atoms with van der Waals surface area (Å²) in [6, 6.07) is 18.5. The summed E-state index contributed by atoms with van der Waals surface area (Å²) < 4.78 is 5.79. The number of nitrogens with zero attached hydrogens (tertiary/aromatic N) is 1. The number of ether oxygens (including phenoxy) is 1. The van der Waals surface area contributed by atoms with Crippen molar-refractivity contribution in [3.63, 3.8) is 0 Å². The highest BCUT2D eigenvalue weighted by Gasteiger charge is 2.02. The highest BCUT2D eigenvalue weighted by Crippen LogP contribution is 2.21. The Labute approximate surface area is 127 Å². The van der Waals surface area contributed by atoms with Gasteiger partial charge in [0.15, 0.2) is 0 Å². The smallest absolute Gasteiger partial charge is 0.121 e. The van der Waals surface area contributed by atoms with Gasteiger partial charge in [0.2, 0.25) is 0 Å². The second-order valence-electron chi connectivity index (χ2n) is 4.79. The van der Waals surface area contributed by atoms with Gasteiger partial charge in [-0.15, -0.1) is 0 Å². The Morgan fingerprint density at radius 3 is 2.43 bits per heavy atom. The molecule has 0 aliphatic rings. The van der Waals surface area contributed by atoms with Crippen LogP contribution in [0, 0.1) is 0 Å². The molecule has 0 heterocycles. The van der Waals surface area contributed by atoms with Crippen LogP contribution in [-0.4, -0.2) is 19.7 Å².